The first-order chi connectivity index (χ1) is 13.4. The monoisotopic (exact) mass is 400 g/mol. The fraction of sp³-hybridized carbons (Fsp3) is 0.381. The van der Waals surface area contributed by atoms with E-state index in [1.807, 2.05) is 41.3 Å². The number of aryl methyl sites for hydroxylation is 1. The maximum atomic E-state index is 12.7. The van der Waals surface area contributed by atoms with Crippen LogP contribution in [0.2, 0.25) is 0 Å². The molecule has 0 atom stereocenters. The molecule has 0 saturated heterocycles. The molecule has 0 spiro atoms. The van der Waals surface area contributed by atoms with E-state index in [9.17, 15) is 13.2 Å². The van der Waals surface area contributed by atoms with Crippen LogP contribution >= 0.6 is 0 Å². The van der Waals surface area contributed by atoms with E-state index < -0.39 is 10.0 Å². The number of benzene rings is 2. The topological polar surface area (TPSA) is 66.9 Å². The van der Waals surface area contributed by atoms with E-state index in [4.69, 9.17) is 4.74 Å². The Labute approximate surface area is 165 Å². The van der Waals surface area contributed by atoms with Crippen molar-refractivity contribution in [3.63, 3.8) is 0 Å². The summed E-state index contributed by atoms with van der Waals surface area (Å²) in [4.78, 5) is 14.6. The maximum absolute atomic E-state index is 12.7. The molecule has 0 saturated carbocycles. The number of para-hydroxylation sites is 1. The zero-order valence-electron chi connectivity index (χ0n) is 15.9. The maximum Gasteiger partial charge on any atom is 0.227 e. The van der Waals surface area contributed by atoms with Crippen molar-refractivity contribution in [2.24, 2.45) is 0 Å². The lowest BCUT2D eigenvalue weighted by molar-refractivity contribution is -0.118. The SMILES string of the molecule is CS(=O)(=O)N1CCOc2ccc(CCC(=O)N3CCc4ccccc43)cc2C1. The van der Waals surface area contributed by atoms with Crippen LogP contribution < -0.4 is 9.64 Å². The lowest BCUT2D eigenvalue weighted by Gasteiger charge is -2.18. The molecule has 2 heterocycles. The Hall–Kier alpha value is -2.38. The van der Waals surface area contributed by atoms with Crippen molar-refractivity contribution in [2.45, 2.75) is 25.8 Å². The highest BCUT2D eigenvalue weighted by atomic mass is 32.2. The van der Waals surface area contributed by atoms with Gasteiger partial charge >= 0.3 is 0 Å². The molecule has 0 N–H and O–H groups in total. The number of fused-ring (bicyclic) bond motifs is 2. The largest absolute Gasteiger partial charge is 0.492 e. The lowest BCUT2D eigenvalue weighted by atomic mass is 10.0. The molecule has 4 rings (SSSR count). The molecule has 2 aromatic carbocycles. The first-order valence-corrected chi connectivity index (χ1v) is 11.3. The standard InChI is InChI=1S/C21H24N2O4S/c1-28(25,26)22-12-13-27-20-8-6-16(14-18(20)15-22)7-9-21(24)23-11-10-17-4-2-3-5-19(17)23/h2-6,8,14H,7,9-13,15H2,1H3. The molecule has 0 aliphatic carbocycles. The molecule has 0 bridgehead atoms. The number of hydrogen-bond donors (Lipinski definition) is 0. The van der Waals surface area contributed by atoms with Gasteiger partial charge in [-0.15, -0.1) is 0 Å². The highest BCUT2D eigenvalue weighted by Crippen LogP contribution is 2.29. The third kappa shape index (κ3) is 3.91. The molecule has 0 radical (unpaired) electrons. The van der Waals surface area contributed by atoms with Crippen LogP contribution in [-0.4, -0.2) is 44.6 Å². The molecular formula is C21H24N2O4S. The van der Waals surface area contributed by atoms with Gasteiger partial charge in [-0.3, -0.25) is 4.79 Å². The minimum Gasteiger partial charge on any atom is -0.492 e. The summed E-state index contributed by atoms with van der Waals surface area (Å²) in [5.41, 5.74) is 4.10. The molecule has 2 aliphatic heterocycles. The Kier molecular flexibility index (Phi) is 5.12. The summed E-state index contributed by atoms with van der Waals surface area (Å²) in [6, 6.07) is 13.8. The highest BCUT2D eigenvalue weighted by molar-refractivity contribution is 7.88. The van der Waals surface area contributed by atoms with Crippen LogP contribution in [0.3, 0.4) is 0 Å². The third-order valence-electron chi connectivity index (χ3n) is 5.35. The van der Waals surface area contributed by atoms with Crippen molar-refractivity contribution in [3.8, 4) is 5.75 Å². The number of anilines is 1. The van der Waals surface area contributed by atoms with Crippen molar-refractivity contribution < 1.29 is 17.9 Å². The fourth-order valence-electron chi connectivity index (χ4n) is 3.85. The zero-order chi connectivity index (χ0) is 19.7. The van der Waals surface area contributed by atoms with Crippen LogP contribution in [0.5, 0.6) is 5.75 Å². The quantitative estimate of drug-likeness (QED) is 0.790. The molecule has 0 aromatic heterocycles. The van der Waals surface area contributed by atoms with Gasteiger partial charge in [-0.2, -0.15) is 4.31 Å². The number of carbonyl (C=O) groups is 1. The summed E-state index contributed by atoms with van der Waals surface area (Å²) in [6.07, 6.45) is 3.15. The average molecular weight is 401 g/mol. The zero-order valence-corrected chi connectivity index (χ0v) is 16.7. The van der Waals surface area contributed by atoms with Gasteiger partial charge in [0, 0.05) is 37.3 Å². The molecule has 2 aliphatic rings. The van der Waals surface area contributed by atoms with Gasteiger partial charge in [-0.1, -0.05) is 30.3 Å². The summed E-state index contributed by atoms with van der Waals surface area (Å²) in [6.45, 7) is 1.72. The van der Waals surface area contributed by atoms with Crippen LogP contribution in [-0.2, 0) is 34.2 Å². The molecule has 6 nitrogen and oxygen atoms in total. The van der Waals surface area contributed by atoms with Crippen LogP contribution in [0.15, 0.2) is 42.5 Å². The molecular weight excluding hydrogens is 376 g/mol. The molecule has 28 heavy (non-hydrogen) atoms. The van der Waals surface area contributed by atoms with Crippen LogP contribution in [0.25, 0.3) is 0 Å². The molecule has 1 amide bonds. The molecule has 0 fully saturated rings. The minimum atomic E-state index is -3.28. The Morgan fingerprint density at radius 3 is 2.75 bits per heavy atom. The number of ether oxygens (including phenoxy) is 1. The van der Waals surface area contributed by atoms with Gasteiger partial charge in [-0.25, -0.2) is 8.42 Å². The van der Waals surface area contributed by atoms with Gasteiger partial charge in [0.05, 0.1) is 6.26 Å². The first-order valence-electron chi connectivity index (χ1n) is 9.50. The second-order valence-electron chi connectivity index (χ2n) is 7.31. The van der Waals surface area contributed by atoms with Crippen molar-refractivity contribution in [1.29, 1.82) is 0 Å². The van der Waals surface area contributed by atoms with E-state index in [0.29, 0.717) is 32.5 Å². The predicted octanol–water partition coefficient (Wildman–Crippen LogP) is 2.36. The van der Waals surface area contributed by atoms with Gasteiger partial charge in [0.15, 0.2) is 0 Å². The van der Waals surface area contributed by atoms with Gasteiger partial charge in [-0.05, 0) is 36.1 Å². The van der Waals surface area contributed by atoms with Crippen LogP contribution in [0, 0.1) is 0 Å². The van der Waals surface area contributed by atoms with Crippen molar-refractivity contribution in [3.05, 3.63) is 59.2 Å². The Morgan fingerprint density at radius 2 is 1.93 bits per heavy atom. The van der Waals surface area contributed by atoms with Crippen molar-refractivity contribution in [2.75, 3.05) is 30.9 Å². The number of carbonyl (C=O) groups excluding carboxylic acids is 1. The van der Waals surface area contributed by atoms with E-state index in [1.54, 1.807) is 0 Å². The van der Waals surface area contributed by atoms with E-state index in [0.717, 1.165) is 35.5 Å². The van der Waals surface area contributed by atoms with Crippen molar-refractivity contribution >= 4 is 21.6 Å². The van der Waals surface area contributed by atoms with Gasteiger partial charge in [0.2, 0.25) is 15.9 Å². The van der Waals surface area contributed by atoms with E-state index in [-0.39, 0.29) is 5.91 Å². The Morgan fingerprint density at radius 1 is 1.11 bits per heavy atom. The number of rotatable bonds is 4. The molecule has 148 valence electrons. The number of nitrogens with zero attached hydrogens (tertiary/aromatic N) is 2. The van der Waals surface area contributed by atoms with Crippen molar-refractivity contribution in [1.82, 2.24) is 4.31 Å². The second-order valence-corrected chi connectivity index (χ2v) is 9.29. The summed E-state index contributed by atoms with van der Waals surface area (Å²) in [7, 11) is -3.28. The summed E-state index contributed by atoms with van der Waals surface area (Å²) in [5.74, 6) is 0.837. The third-order valence-corrected chi connectivity index (χ3v) is 6.60. The average Bonchev–Trinajstić information content (AvgIpc) is 2.97. The first kappa shape index (κ1) is 19.0. The Bertz CT molecular complexity index is 1000. The Balaban J connectivity index is 1.45. The van der Waals surface area contributed by atoms with Crippen LogP contribution in [0.1, 0.15) is 23.1 Å². The lowest BCUT2D eigenvalue weighted by Crippen LogP contribution is -2.31. The van der Waals surface area contributed by atoms with E-state index >= 15 is 0 Å². The summed E-state index contributed by atoms with van der Waals surface area (Å²) >= 11 is 0. The highest BCUT2D eigenvalue weighted by Gasteiger charge is 2.25. The van der Waals surface area contributed by atoms with Crippen LogP contribution in [0.4, 0.5) is 5.69 Å². The van der Waals surface area contributed by atoms with Gasteiger partial charge in [0.1, 0.15) is 12.4 Å². The minimum absolute atomic E-state index is 0.119. The van der Waals surface area contributed by atoms with E-state index in [2.05, 4.69) is 6.07 Å². The molecule has 2 aromatic rings. The van der Waals surface area contributed by atoms with Gasteiger partial charge in [0.25, 0.3) is 0 Å². The van der Waals surface area contributed by atoms with E-state index in [1.165, 1.54) is 16.1 Å². The number of hydrogen-bond acceptors (Lipinski definition) is 4. The summed E-state index contributed by atoms with van der Waals surface area (Å²) < 4.78 is 31.0. The van der Waals surface area contributed by atoms with Gasteiger partial charge < -0.3 is 9.64 Å². The molecule has 7 heteroatoms. The summed E-state index contributed by atoms with van der Waals surface area (Å²) in [5, 5.41) is 0. The molecule has 0 unspecified atom stereocenters. The predicted molar refractivity (Wildman–Crippen MR) is 108 cm³/mol. The number of sulfonamides is 1. The number of amides is 1. The normalized spacial score (nSPS) is 16.8. The fourth-order valence-corrected chi connectivity index (χ4v) is 4.63. The second kappa shape index (κ2) is 7.56. The smallest absolute Gasteiger partial charge is 0.227 e.